The van der Waals surface area contributed by atoms with Crippen LogP contribution in [0.2, 0.25) is 0 Å². The maximum Gasteiger partial charge on any atom is 0.258 e. The Kier molecular flexibility index (Phi) is 4.29. The molecule has 0 aliphatic carbocycles. The molecule has 0 amide bonds. The van der Waals surface area contributed by atoms with E-state index >= 15 is 0 Å². The summed E-state index contributed by atoms with van der Waals surface area (Å²) in [6.07, 6.45) is 0. The molecule has 2 N–H and O–H groups in total. The van der Waals surface area contributed by atoms with Gasteiger partial charge in [0.15, 0.2) is 5.82 Å². The molecule has 1 atom stereocenters. The minimum Gasteiger partial charge on any atom is -0.380 e. The second-order valence-corrected chi connectivity index (χ2v) is 4.54. The quantitative estimate of drug-likeness (QED) is 0.894. The molecule has 2 rings (SSSR count). The third kappa shape index (κ3) is 3.19. The number of nitrogens with zero attached hydrogens (tertiary/aromatic N) is 2. The van der Waals surface area contributed by atoms with Gasteiger partial charge in [-0.15, -0.1) is 0 Å². The summed E-state index contributed by atoms with van der Waals surface area (Å²) in [5, 5.41) is 3.93. The lowest BCUT2D eigenvalue weighted by Gasteiger charge is -2.05. The molecule has 19 heavy (non-hydrogen) atoms. The molecule has 5 heteroatoms. The Morgan fingerprint density at radius 3 is 2.89 bits per heavy atom. The van der Waals surface area contributed by atoms with Crippen LogP contribution in [-0.2, 0) is 4.74 Å². The predicted molar refractivity (Wildman–Crippen MR) is 72.6 cm³/mol. The predicted octanol–water partition coefficient (Wildman–Crippen LogP) is 2.39. The first-order valence-electron chi connectivity index (χ1n) is 6.36. The molecular formula is C14H19N3O2. The first-order valence-corrected chi connectivity index (χ1v) is 6.36. The van der Waals surface area contributed by atoms with E-state index in [2.05, 4.69) is 16.2 Å². The SMILES string of the molecule is CCOCC(N)c1noc(-c2cc(C)ccc2C)n1. The van der Waals surface area contributed by atoms with Gasteiger partial charge in [-0.3, -0.25) is 0 Å². The molecule has 0 bridgehead atoms. The standard InChI is InChI=1S/C14H19N3O2/c1-4-18-8-12(15)13-16-14(19-17-13)11-7-9(2)5-6-10(11)3/h5-7,12H,4,8,15H2,1-3H3. The van der Waals surface area contributed by atoms with E-state index in [-0.39, 0.29) is 6.04 Å². The molecule has 5 nitrogen and oxygen atoms in total. The van der Waals surface area contributed by atoms with Gasteiger partial charge >= 0.3 is 0 Å². The van der Waals surface area contributed by atoms with Crippen LogP contribution in [0.1, 0.15) is 29.9 Å². The highest BCUT2D eigenvalue weighted by molar-refractivity contribution is 5.59. The number of hydrogen-bond acceptors (Lipinski definition) is 5. The van der Waals surface area contributed by atoms with Gasteiger partial charge in [-0.05, 0) is 32.4 Å². The van der Waals surface area contributed by atoms with Gasteiger partial charge in [-0.2, -0.15) is 4.98 Å². The fraction of sp³-hybridized carbons (Fsp3) is 0.429. The molecular weight excluding hydrogens is 242 g/mol. The Labute approximate surface area is 112 Å². The van der Waals surface area contributed by atoms with Crippen molar-refractivity contribution in [1.82, 2.24) is 10.1 Å². The van der Waals surface area contributed by atoms with Gasteiger partial charge in [0.2, 0.25) is 0 Å². The maximum atomic E-state index is 5.93. The molecule has 0 radical (unpaired) electrons. The highest BCUT2D eigenvalue weighted by Gasteiger charge is 2.16. The number of aryl methyl sites for hydroxylation is 2. The molecule has 0 saturated carbocycles. The van der Waals surface area contributed by atoms with E-state index in [1.165, 1.54) is 0 Å². The molecule has 0 saturated heterocycles. The van der Waals surface area contributed by atoms with Gasteiger partial charge in [0.1, 0.15) is 0 Å². The summed E-state index contributed by atoms with van der Waals surface area (Å²) >= 11 is 0. The van der Waals surface area contributed by atoms with Crippen LogP contribution in [-0.4, -0.2) is 23.4 Å². The average Bonchev–Trinajstić information content (AvgIpc) is 2.88. The van der Waals surface area contributed by atoms with Crippen molar-refractivity contribution < 1.29 is 9.26 Å². The molecule has 0 fully saturated rings. The van der Waals surface area contributed by atoms with Crippen LogP contribution in [0.3, 0.4) is 0 Å². The first-order chi connectivity index (χ1) is 9.11. The number of nitrogens with two attached hydrogens (primary N) is 1. The van der Waals surface area contributed by atoms with Crippen molar-refractivity contribution in [3.8, 4) is 11.5 Å². The van der Waals surface area contributed by atoms with Crippen molar-refractivity contribution in [2.45, 2.75) is 26.8 Å². The van der Waals surface area contributed by atoms with E-state index in [0.29, 0.717) is 24.9 Å². The largest absolute Gasteiger partial charge is 0.380 e. The fourth-order valence-electron chi connectivity index (χ4n) is 1.78. The number of hydrogen-bond donors (Lipinski definition) is 1. The lowest BCUT2D eigenvalue weighted by Crippen LogP contribution is -2.18. The lowest BCUT2D eigenvalue weighted by molar-refractivity contribution is 0.130. The molecule has 2 aromatic rings. The molecule has 102 valence electrons. The third-order valence-corrected chi connectivity index (χ3v) is 2.90. The Morgan fingerprint density at radius 2 is 2.16 bits per heavy atom. The molecule has 1 aromatic heterocycles. The second kappa shape index (κ2) is 5.95. The topological polar surface area (TPSA) is 74.2 Å². The Bertz CT molecular complexity index is 551. The molecule has 0 aliphatic rings. The summed E-state index contributed by atoms with van der Waals surface area (Å²) in [5.74, 6) is 0.979. The summed E-state index contributed by atoms with van der Waals surface area (Å²) in [4.78, 5) is 4.35. The van der Waals surface area contributed by atoms with Crippen LogP contribution in [0.5, 0.6) is 0 Å². The van der Waals surface area contributed by atoms with Crippen molar-refractivity contribution in [2.24, 2.45) is 5.73 Å². The van der Waals surface area contributed by atoms with Gasteiger partial charge in [0, 0.05) is 12.2 Å². The van der Waals surface area contributed by atoms with Crippen LogP contribution >= 0.6 is 0 Å². The summed E-state index contributed by atoms with van der Waals surface area (Å²) in [6, 6.07) is 5.76. The van der Waals surface area contributed by atoms with E-state index < -0.39 is 0 Å². The maximum absolute atomic E-state index is 5.93. The number of rotatable bonds is 5. The highest BCUT2D eigenvalue weighted by atomic mass is 16.5. The van der Waals surface area contributed by atoms with Crippen molar-refractivity contribution in [3.63, 3.8) is 0 Å². The van der Waals surface area contributed by atoms with Crippen LogP contribution in [0.25, 0.3) is 11.5 Å². The van der Waals surface area contributed by atoms with Crippen molar-refractivity contribution >= 4 is 0 Å². The Balaban J connectivity index is 2.23. The molecule has 1 aromatic carbocycles. The zero-order chi connectivity index (χ0) is 13.8. The fourth-order valence-corrected chi connectivity index (χ4v) is 1.78. The lowest BCUT2D eigenvalue weighted by atomic mass is 10.1. The third-order valence-electron chi connectivity index (χ3n) is 2.90. The van der Waals surface area contributed by atoms with Crippen molar-refractivity contribution in [1.29, 1.82) is 0 Å². The van der Waals surface area contributed by atoms with Crippen LogP contribution < -0.4 is 5.73 Å². The van der Waals surface area contributed by atoms with Crippen molar-refractivity contribution in [2.75, 3.05) is 13.2 Å². The van der Waals surface area contributed by atoms with E-state index in [9.17, 15) is 0 Å². The second-order valence-electron chi connectivity index (χ2n) is 4.54. The number of benzene rings is 1. The number of aromatic nitrogens is 2. The average molecular weight is 261 g/mol. The first kappa shape index (κ1) is 13.7. The smallest absolute Gasteiger partial charge is 0.258 e. The summed E-state index contributed by atoms with van der Waals surface area (Å²) in [6.45, 7) is 6.97. The van der Waals surface area contributed by atoms with Crippen molar-refractivity contribution in [3.05, 3.63) is 35.2 Å². The van der Waals surface area contributed by atoms with Gasteiger partial charge in [0.25, 0.3) is 5.89 Å². The zero-order valence-electron chi connectivity index (χ0n) is 11.5. The van der Waals surface area contributed by atoms with Crippen LogP contribution in [0.4, 0.5) is 0 Å². The minimum absolute atomic E-state index is 0.359. The van der Waals surface area contributed by atoms with Crippen LogP contribution in [0, 0.1) is 13.8 Å². The van der Waals surface area contributed by atoms with Gasteiger partial charge in [-0.1, -0.05) is 22.9 Å². The minimum atomic E-state index is -0.359. The van der Waals surface area contributed by atoms with E-state index in [1.807, 2.05) is 32.9 Å². The van der Waals surface area contributed by atoms with E-state index in [4.69, 9.17) is 15.0 Å². The molecule has 1 heterocycles. The van der Waals surface area contributed by atoms with Gasteiger partial charge < -0.3 is 15.0 Å². The van der Waals surface area contributed by atoms with Crippen LogP contribution in [0.15, 0.2) is 22.7 Å². The zero-order valence-corrected chi connectivity index (χ0v) is 11.5. The number of ether oxygens (including phenoxy) is 1. The Morgan fingerprint density at radius 1 is 1.37 bits per heavy atom. The highest BCUT2D eigenvalue weighted by Crippen LogP contribution is 2.23. The van der Waals surface area contributed by atoms with Gasteiger partial charge in [-0.25, -0.2) is 0 Å². The summed E-state index contributed by atoms with van der Waals surface area (Å²) in [7, 11) is 0. The monoisotopic (exact) mass is 261 g/mol. The van der Waals surface area contributed by atoms with Gasteiger partial charge in [0.05, 0.1) is 12.6 Å². The summed E-state index contributed by atoms with van der Waals surface area (Å²) < 4.78 is 10.6. The normalized spacial score (nSPS) is 12.6. The van der Waals surface area contributed by atoms with E-state index in [1.54, 1.807) is 0 Å². The molecule has 0 spiro atoms. The molecule has 1 unspecified atom stereocenters. The summed E-state index contributed by atoms with van der Waals surface area (Å²) in [5.41, 5.74) is 9.13. The van der Waals surface area contributed by atoms with E-state index in [0.717, 1.165) is 16.7 Å². The molecule has 0 aliphatic heterocycles. The Hall–Kier alpha value is -1.72.